The molecule has 0 bridgehead atoms. The van der Waals surface area contributed by atoms with Gasteiger partial charge in [-0.25, -0.2) is 9.69 Å². The number of hydrogen-bond acceptors (Lipinski definition) is 4. The summed E-state index contributed by atoms with van der Waals surface area (Å²) in [7, 11) is 4.12. The Morgan fingerprint density at radius 2 is 1.88 bits per heavy atom. The molecule has 7 nitrogen and oxygen atoms in total. The zero-order valence-corrected chi connectivity index (χ0v) is 14.9. The van der Waals surface area contributed by atoms with Gasteiger partial charge in [0.15, 0.2) is 5.92 Å². The predicted molar refractivity (Wildman–Crippen MR) is 95.8 cm³/mol. The molecule has 7 heteroatoms. The van der Waals surface area contributed by atoms with E-state index in [-0.39, 0.29) is 0 Å². The maximum absolute atomic E-state index is 12.8. The molecule has 0 saturated carbocycles. The Morgan fingerprint density at radius 1 is 1.20 bits per heavy atom. The Labute approximate surface area is 147 Å². The second-order valence-corrected chi connectivity index (χ2v) is 6.27. The van der Waals surface area contributed by atoms with Crippen molar-refractivity contribution in [2.75, 3.05) is 32.1 Å². The maximum atomic E-state index is 12.8. The van der Waals surface area contributed by atoms with Crippen LogP contribution in [0.15, 0.2) is 35.3 Å². The number of hydrogen-bond donors (Lipinski definition) is 2. The Balaban J connectivity index is 2.22. The smallest absolute Gasteiger partial charge is 0.335 e. The summed E-state index contributed by atoms with van der Waals surface area (Å²) in [4.78, 5) is 44.1. The summed E-state index contributed by atoms with van der Waals surface area (Å²) in [6.07, 6.45) is 1.35. The lowest BCUT2D eigenvalue weighted by atomic mass is 9.96. The van der Waals surface area contributed by atoms with E-state index in [0.29, 0.717) is 24.4 Å². The van der Waals surface area contributed by atoms with E-state index in [1.165, 1.54) is 4.90 Å². The van der Waals surface area contributed by atoms with Gasteiger partial charge in [-0.3, -0.25) is 19.9 Å². The van der Waals surface area contributed by atoms with Gasteiger partial charge >= 0.3 is 6.03 Å². The molecule has 1 aromatic rings. The molecule has 0 spiro atoms. The lowest BCUT2D eigenvalue weighted by molar-refractivity contribution is -0.858. The van der Waals surface area contributed by atoms with E-state index in [4.69, 9.17) is 0 Å². The van der Waals surface area contributed by atoms with Gasteiger partial charge in [0.25, 0.3) is 5.91 Å². The van der Waals surface area contributed by atoms with E-state index in [1.54, 1.807) is 30.3 Å². The molecule has 0 aliphatic carbocycles. The highest BCUT2D eigenvalue weighted by molar-refractivity contribution is 6.35. The number of aliphatic imine (C=N–C) groups is 1. The van der Waals surface area contributed by atoms with E-state index in [2.05, 4.69) is 24.4 Å². The van der Waals surface area contributed by atoms with Crippen LogP contribution in [-0.4, -0.2) is 50.7 Å². The van der Waals surface area contributed by atoms with Gasteiger partial charge in [0.2, 0.25) is 5.91 Å². The summed E-state index contributed by atoms with van der Waals surface area (Å²) in [5.74, 6) is -2.19. The number of quaternary nitrogens is 1. The number of carbonyl (C=O) groups excluding carboxylic acids is 3. The summed E-state index contributed by atoms with van der Waals surface area (Å²) in [6.45, 7) is 3.38. The van der Waals surface area contributed by atoms with Crippen molar-refractivity contribution in [3.63, 3.8) is 0 Å². The van der Waals surface area contributed by atoms with Crippen LogP contribution in [0.25, 0.3) is 0 Å². The van der Waals surface area contributed by atoms with Crippen LogP contribution >= 0.6 is 0 Å². The normalized spacial score (nSPS) is 18.7. The first-order chi connectivity index (χ1) is 12.0. The lowest BCUT2D eigenvalue weighted by Crippen LogP contribution is -3.05. The zero-order chi connectivity index (χ0) is 18.4. The number of imide groups is 2. The molecular weight excluding hydrogens is 320 g/mol. The molecule has 1 saturated heterocycles. The van der Waals surface area contributed by atoms with Crippen LogP contribution < -0.4 is 15.1 Å². The van der Waals surface area contributed by atoms with E-state index < -0.39 is 23.8 Å². The van der Waals surface area contributed by atoms with Crippen molar-refractivity contribution in [3.8, 4) is 0 Å². The van der Waals surface area contributed by atoms with Gasteiger partial charge in [-0.15, -0.1) is 0 Å². The zero-order valence-electron chi connectivity index (χ0n) is 14.9. The fourth-order valence-corrected chi connectivity index (χ4v) is 2.75. The van der Waals surface area contributed by atoms with Crippen LogP contribution in [-0.2, 0) is 9.59 Å². The van der Waals surface area contributed by atoms with Crippen molar-refractivity contribution in [3.05, 3.63) is 30.3 Å². The average Bonchev–Trinajstić information content (AvgIpc) is 2.57. The van der Waals surface area contributed by atoms with Gasteiger partial charge in [0.05, 0.1) is 26.3 Å². The second-order valence-electron chi connectivity index (χ2n) is 6.27. The molecule has 134 valence electrons. The Morgan fingerprint density at radius 3 is 2.48 bits per heavy atom. The first kappa shape index (κ1) is 18.8. The SMILES string of the molecule is CCC(=NCCC[NH+](C)C)C1C(=O)NC(=O)N(c2ccccc2)C1=O. The van der Waals surface area contributed by atoms with Crippen molar-refractivity contribution in [1.82, 2.24) is 5.32 Å². The third kappa shape index (κ3) is 4.51. The third-order valence-corrected chi connectivity index (χ3v) is 4.02. The number of amides is 4. The Bertz CT molecular complexity index is 670. The minimum absolute atomic E-state index is 0.439. The first-order valence-corrected chi connectivity index (χ1v) is 8.51. The van der Waals surface area contributed by atoms with Crippen molar-refractivity contribution >= 4 is 29.2 Å². The van der Waals surface area contributed by atoms with Gasteiger partial charge in [-0.05, 0) is 18.6 Å². The van der Waals surface area contributed by atoms with Crippen LogP contribution in [0, 0.1) is 5.92 Å². The summed E-state index contributed by atoms with van der Waals surface area (Å²) >= 11 is 0. The minimum Gasteiger partial charge on any atom is -0.340 e. The Kier molecular flexibility index (Phi) is 6.41. The summed E-state index contributed by atoms with van der Waals surface area (Å²) in [5.41, 5.74) is 0.957. The van der Waals surface area contributed by atoms with Crippen molar-refractivity contribution in [1.29, 1.82) is 0 Å². The van der Waals surface area contributed by atoms with Crippen LogP contribution in [0.4, 0.5) is 10.5 Å². The summed E-state index contributed by atoms with van der Waals surface area (Å²) in [6, 6.07) is 7.87. The Hall–Kier alpha value is -2.54. The highest BCUT2D eigenvalue weighted by Gasteiger charge is 2.43. The molecule has 1 fully saturated rings. The molecule has 25 heavy (non-hydrogen) atoms. The van der Waals surface area contributed by atoms with E-state index >= 15 is 0 Å². The van der Waals surface area contributed by atoms with Crippen molar-refractivity contribution in [2.45, 2.75) is 19.8 Å². The highest BCUT2D eigenvalue weighted by atomic mass is 16.2. The van der Waals surface area contributed by atoms with E-state index in [1.807, 2.05) is 6.92 Å². The van der Waals surface area contributed by atoms with Gasteiger partial charge in [0, 0.05) is 18.7 Å². The number of barbiturate groups is 1. The number of nitrogens with one attached hydrogen (secondary N) is 2. The number of urea groups is 1. The number of carbonyl (C=O) groups is 3. The monoisotopic (exact) mass is 345 g/mol. The molecule has 1 aliphatic rings. The van der Waals surface area contributed by atoms with Gasteiger partial charge in [-0.1, -0.05) is 25.1 Å². The maximum Gasteiger partial charge on any atom is 0.335 e. The van der Waals surface area contributed by atoms with Crippen LogP contribution in [0.1, 0.15) is 19.8 Å². The van der Waals surface area contributed by atoms with Crippen LogP contribution in [0.3, 0.4) is 0 Å². The van der Waals surface area contributed by atoms with Gasteiger partial charge in [0.1, 0.15) is 0 Å². The summed E-state index contributed by atoms with van der Waals surface area (Å²) < 4.78 is 0. The minimum atomic E-state index is -1.05. The number of para-hydroxylation sites is 1. The lowest BCUT2D eigenvalue weighted by Gasteiger charge is -2.30. The second kappa shape index (κ2) is 8.53. The van der Waals surface area contributed by atoms with Crippen LogP contribution in [0.5, 0.6) is 0 Å². The van der Waals surface area contributed by atoms with Crippen LogP contribution in [0.2, 0.25) is 0 Å². The van der Waals surface area contributed by atoms with Crippen molar-refractivity contribution < 1.29 is 19.3 Å². The largest absolute Gasteiger partial charge is 0.340 e. The molecule has 1 heterocycles. The van der Waals surface area contributed by atoms with Crippen molar-refractivity contribution in [2.24, 2.45) is 10.9 Å². The molecule has 1 atom stereocenters. The summed E-state index contributed by atoms with van der Waals surface area (Å²) in [5, 5.41) is 2.27. The molecule has 2 rings (SSSR count). The third-order valence-electron chi connectivity index (χ3n) is 4.02. The molecule has 0 aromatic heterocycles. The molecule has 2 N–H and O–H groups in total. The number of benzene rings is 1. The average molecular weight is 345 g/mol. The van der Waals surface area contributed by atoms with Gasteiger partial charge in [-0.2, -0.15) is 0 Å². The molecule has 1 unspecified atom stereocenters. The molecule has 4 amide bonds. The predicted octanol–water partition coefficient (Wildman–Crippen LogP) is 0.271. The fourth-order valence-electron chi connectivity index (χ4n) is 2.75. The molecule has 1 aromatic carbocycles. The number of anilines is 1. The van der Waals surface area contributed by atoms with Gasteiger partial charge < -0.3 is 4.90 Å². The molecule has 1 aliphatic heterocycles. The quantitative estimate of drug-likeness (QED) is 0.423. The highest BCUT2D eigenvalue weighted by Crippen LogP contribution is 2.22. The van der Waals surface area contributed by atoms with E-state index in [9.17, 15) is 14.4 Å². The first-order valence-electron chi connectivity index (χ1n) is 8.51. The number of rotatable bonds is 7. The fraction of sp³-hybridized carbons (Fsp3) is 0.444. The number of nitrogens with zero attached hydrogens (tertiary/aromatic N) is 2. The standard InChI is InChI=1S/C18H24N4O3/c1-4-14(19-11-8-12-21(2)3)15-16(23)20-18(25)22(17(15)24)13-9-6-5-7-10-13/h5-7,9-10,15H,4,8,11-12H2,1-3H3,(H,20,23,25)/p+1. The molecular formula is C18H25N4O3+. The molecule has 0 radical (unpaired) electrons. The van der Waals surface area contributed by atoms with E-state index in [0.717, 1.165) is 17.9 Å². The topological polar surface area (TPSA) is 83.3 Å².